The third kappa shape index (κ3) is 8.62. The van der Waals surface area contributed by atoms with E-state index >= 15 is 0 Å². The summed E-state index contributed by atoms with van der Waals surface area (Å²) >= 11 is 9.53. The first-order chi connectivity index (χ1) is 14.3. The van der Waals surface area contributed by atoms with Gasteiger partial charge in [-0.25, -0.2) is 0 Å². The molecule has 3 heterocycles. The van der Waals surface area contributed by atoms with Gasteiger partial charge in [-0.2, -0.15) is 0 Å². The molecule has 3 aliphatic rings. The average Bonchev–Trinajstić information content (AvgIpc) is 3.47. The fourth-order valence-electron chi connectivity index (χ4n) is 2.80. The van der Waals surface area contributed by atoms with Crippen LogP contribution in [0.4, 0.5) is 0 Å². The Bertz CT molecular complexity index is 521. The number of aliphatic hydroxyl groups excluding tert-OH is 5. The maximum atomic E-state index is 9.96. The minimum absolute atomic E-state index is 0.0169. The molecule has 0 bridgehead atoms. The van der Waals surface area contributed by atoms with Gasteiger partial charge in [-0.15, -0.1) is 23.2 Å². The molecule has 0 spiro atoms. The third-order valence-corrected chi connectivity index (χ3v) is 10.5. The highest BCUT2D eigenvalue weighted by Gasteiger charge is 2.52. The van der Waals surface area contributed by atoms with Gasteiger partial charge in [0.1, 0.15) is 48.8 Å². The summed E-state index contributed by atoms with van der Waals surface area (Å²) in [6.45, 7) is 11.7. The van der Waals surface area contributed by atoms with Gasteiger partial charge in [-0.1, -0.05) is 20.8 Å². The molecule has 186 valence electrons. The molecule has 8 atom stereocenters. The minimum atomic E-state index is -1.76. The highest BCUT2D eigenvalue weighted by atomic mass is 35.5. The van der Waals surface area contributed by atoms with Crippen molar-refractivity contribution in [2.75, 3.05) is 31.8 Å². The number of fused-ring (bicyclic) bond motifs is 1. The summed E-state index contributed by atoms with van der Waals surface area (Å²) in [5, 5.41) is 46.0. The van der Waals surface area contributed by atoms with Crippen molar-refractivity contribution < 1.29 is 44.2 Å². The predicted octanol–water partition coefficient (Wildman–Crippen LogP) is 0.417. The number of aliphatic hydroxyl groups is 5. The number of hydrogen-bond donors (Lipinski definition) is 5. The normalized spacial score (nSPS) is 37.5. The van der Waals surface area contributed by atoms with Gasteiger partial charge in [-0.3, -0.25) is 0 Å². The summed E-state index contributed by atoms with van der Waals surface area (Å²) in [4.78, 5) is 0. The van der Waals surface area contributed by atoms with Crippen molar-refractivity contribution in [3.8, 4) is 0 Å². The molecule has 0 unspecified atom stereocenters. The molecule has 5 N–H and O–H groups in total. The molecule has 3 saturated heterocycles. The molecule has 9 nitrogen and oxygen atoms in total. The summed E-state index contributed by atoms with van der Waals surface area (Å²) in [6.07, 6.45) is -4.93. The van der Waals surface area contributed by atoms with Crippen LogP contribution in [-0.4, -0.2) is 114 Å². The van der Waals surface area contributed by atoms with Gasteiger partial charge in [0.25, 0.3) is 0 Å². The van der Waals surface area contributed by atoms with Crippen molar-refractivity contribution in [1.82, 2.24) is 0 Å². The van der Waals surface area contributed by atoms with Gasteiger partial charge >= 0.3 is 0 Å². The number of halogens is 2. The van der Waals surface area contributed by atoms with Crippen molar-refractivity contribution in [2.24, 2.45) is 0 Å². The Kier molecular flexibility index (Phi) is 12.1. The number of hydrogen-bond acceptors (Lipinski definition) is 9. The van der Waals surface area contributed by atoms with Crippen LogP contribution >= 0.6 is 23.2 Å². The van der Waals surface area contributed by atoms with Crippen LogP contribution in [0, 0.1) is 0 Å². The second-order valence-corrected chi connectivity index (χ2v) is 14.9. The molecule has 31 heavy (non-hydrogen) atoms. The zero-order valence-corrected chi connectivity index (χ0v) is 21.3. The van der Waals surface area contributed by atoms with E-state index in [4.69, 9.17) is 62.3 Å². The molecule has 3 aliphatic heterocycles. The van der Waals surface area contributed by atoms with Gasteiger partial charge in [0.15, 0.2) is 8.32 Å². The molecule has 3 rings (SSSR count). The fourth-order valence-corrected chi connectivity index (χ4v) is 3.81. The number of alkyl halides is 2. The Labute approximate surface area is 195 Å². The van der Waals surface area contributed by atoms with Crippen LogP contribution in [0.25, 0.3) is 0 Å². The van der Waals surface area contributed by atoms with Gasteiger partial charge in [-0.05, 0) is 18.1 Å². The van der Waals surface area contributed by atoms with E-state index in [-0.39, 0.29) is 41.9 Å². The molecule has 0 aromatic heterocycles. The van der Waals surface area contributed by atoms with Crippen molar-refractivity contribution in [2.45, 2.75) is 87.7 Å². The maximum Gasteiger partial charge on any atom is 0.192 e. The summed E-state index contributed by atoms with van der Waals surface area (Å²) < 4.78 is 21.8. The minimum Gasteiger partial charge on any atom is -0.414 e. The molecule has 12 heteroatoms. The third-order valence-electron chi connectivity index (χ3n) is 6.01. The van der Waals surface area contributed by atoms with E-state index in [0.717, 1.165) is 0 Å². The van der Waals surface area contributed by atoms with E-state index < -0.39 is 38.8 Å². The molecule has 0 radical (unpaired) electrons. The van der Waals surface area contributed by atoms with Gasteiger partial charge in [0.05, 0.1) is 31.8 Å². The van der Waals surface area contributed by atoms with Gasteiger partial charge in [0.2, 0.25) is 0 Å². The monoisotopic (exact) mass is 508 g/mol. The summed E-state index contributed by atoms with van der Waals surface area (Å²) in [5.41, 5.74) is 0. The molecule has 3 fully saturated rings. The Morgan fingerprint density at radius 2 is 1.48 bits per heavy atom. The predicted molar refractivity (Wildman–Crippen MR) is 119 cm³/mol. The molecule has 0 aromatic rings. The van der Waals surface area contributed by atoms with E-state index in [1.54, 1.807) is 0 Å². The van der Waals surface area contributed by atoms with E-state index in [2.05, 4.69) is 33.9 Å². The van der Waals surface area contributed by atoms with Crippen LogP contribution < -0.4 is 0 Å². The topological polar surface area (TPSA) is 141 Å². The highest BCUT2D eigenvalue weighted by molar-refractivity contribution is 6.74. The zero-order valence-electron chi connectivity index (χ0n) is 18.8. The molecule has 0 aromatic carbocycles. The van der Waals surface area contributed by atoms with Crippen LogP contribution in [0.1, 0.15) is 20.8 Å². The lowest BCUT2D eigenvalue weighted by atomic mass is 10.0. The Morgan fingerprint density at radius 1 is 0.935 bits per heavy atom. The van der Waals surface area contributed by atoms with Crippen molar-refractivity contribution in [3.05, 3.63) is 0 Å². The first-order valence-electron chi connectivity index (χ1n) is 10.3. The molecular formula is C19H38Cl2O9Si. The highest BCUT2D eigenvalue weighted by Crippen LogP contribution is 2.38. The average molecular weight is 509 g/mol. The van der Waals surface area contributed by atoms with Crippen LogP contribution in [0.5, 0.6) is 0 Å². The largest absolute Gasteiger partial charge is 0.414 e. The van der Waals surface area contributed by atoms with Gasteiger partial charge in [0, 0.05) is 0 Å². The molecular weight excluding hydrogens is 471 g/mol. The molecule has 0 aliphatic carbocycles. The second-order valence-electron chi connectivity index (χ2n) is 9.28. The Balaban J connectivity index is 0.000000296. The van der Waals surface area contributed by atoms with Crippen LogP contribution in [-0.2, 0) is 18.6 Å². The lowest BCUT2D eigenvalue weighted by molar-refractivity contribution is -0.195. The number of epoxide rings is 1. The van der Waals surface area contributed by atoms with Crippen LogP contribution in [0.3, 0.4) is 0 Å². The summed E-state index contributed by atoms with van der Waals surface area (Å²) in [6, 6.07) is 0. The van der Waals surface area contributed by atoms with Crippen molar-refractivity contribution in [1.29, 1.82) is 0 Å². The smallest absolute Gasteiger partial charge is 0.192 e. The van der Waals surface area contributed by atoms with Crippen molar-refractivity contribution in [3.63, 3.8) is 0 Å². The van der Waals surface area contributed by atoms with Gasteiger partial charge < -0.3 is 44.2 Å². The molecule has 0 amide bonds. The summed E-state index contributed by atoms with van der Waals surface area (Å²) in [5.74, 6) is 0. The zero-order chi connectivity index (χ0) is 24.0. The van der Waals surface area contributed by atoms with Crippen molar-refractivity contribution >= 4 is 31.5 Å². The first kappa shape index (κ1) is 29.5. The first-order valence-corrected chi connectivity index (χ1v) is 14.3. The molecule has 0 saturated carbocycles. The SMILES string of the molecule is CC(C)(C)[Si](C)(C)OC[C@@H]1OC[C@H]2O[C@H]2[C@H]1O.ClCCl.OC[C@@H]1OC[C@H](O)[C@@H](O)[C@H]1O. The van der Waals surface area contributed by atoms with E-state index in [9.17, 15) is 5.11 Å². The van der Waals surface area contributed by atoms with E-state index in [1.165, 1.54) is 0 Å². The standard InChI is InChI=1S/C12H24O4Si.C6H12O5.CH2Cl2/c1-12(2,3)17(4,5)15-7-8-10(13)11-9(16-11)6-14-8;7-1-4-6(10)5(9)3(8)2-11-4;2-1-3/h8-11,13H,6-7H2,1-5H3;3-10H,1-2H2;1H2/t8-,9+,10-,11+;3-,4-,5+,6-;/m00./s1. The lowest BCUT2D eigenvalue weighted by Gasteiger charge is -2.38. The Hall–Kier alpha value is 0.437. The van der Waals surface area contributed by atoms with E-state index in [1.807, 2.05) is 0 Å². The lowest BCUT2D eigenvalue weighted by Crippen LogP contribution is -2.53. The van der Waals surface area contributed by atoms with Crippen LogP contribution in [0.2, 0.25) is 18.1 Å². The summed E-state index contributed by atoms with van der Waals surface area (Å²) in [7, 11) is -1.76. The second kappa shape index (κ2) is 12.8. The Morgan fingerprint density at radius 3 is 2.00 bits per heavy atom. The number of ether oxygens (including phenoxy) is 3. The van der Waals surface area contributed by atoms with Crippen LogP contribution in [0.15, 0.2) is 0 Å². The maximum absolute atomic E-state index is 9.96. The number of rotatable bonds is 4. The fraction of sp³-hybridized carbons (Fsp3) is 1.00. The quantitative estimate of drug-likeness (QED) is 0.207. The van der Waals surface area contributed by atoms with E-state index in [0.29, 0.717) is 13.2 Å².